The molecule has 1 aliphatic rings. The number of hydrogen-bond acceptors (Lipinski definition) is 4. The molecular weight excluding hydrogens is 543 g/mol. The number of aryl methyl sites for hydroxylation is 2. The maximum atomic E-state index is 12.5. The maximum absolute atomic E-state index is 12.5. The smallest absolute Gasteiger partial charge is 0.261 e. The Bertz CT molecular complexity index is 1180. The van der Waals surface area contributed by atoms with Crippen LogP contribution in [0.2, 0.25) is 0 Å². The molecule has 2 aromatic carbocycles. The number of carbonyl (C=O) groups excluding carboxylic acids is 2. The van der Waals surface area contributed by atoms with Crippen LogP contribution in [0.5, 0.6) is 0 Å². The molecule has 2 heterocycles. The second kappa shape index (κ2) is 11.3. The van der Waals surface area contributed by atoms with E-state index in [1.54, 1.807) is 24.3 Å². The Hall–Kier alpha value is -3.21. The Morgan fingerprint density at radius 3 is 2.24 bits per heavy atom. The minimum absolute atomic E-state index is 0. The van der Waals surface area contributed by atoms with E-state index in [9.17, 15) is 9.59 Å². The van der Waals surface area contributed by atoms with E-state index in [0.717, 1.165) is 22.6 Å². The number of imide groups is 1. The molecule has 0 radical (unpaired) electrons. The molecule has 0 saturated heterocycles. The summed E-state index contributed by atoms with van der Waals surface area (Å²) in [5, 5.41) is 11.0. The molecule has 1 aliphatic heterocycles. The first-order chi connectivity index (χ1) is 16.0. The van der Waals surface area contributed by atoms with Crippen molar-refractivity contribution in [1.29, 1.82) is 0 Å². The summed E-state index contributed by atoms with van der Waals surface area (Å²) in [5.74, 6) is 0.119. The number of para-hydroxylation sites is 1. The molecule has 0 saturated carbocycles. The summed E-state index contributed by atoms with van der Waals surface area (Å²) in [6.07, 6.45) is 0. The van der Waals surface area contributed by atoms with Gasteiger partial charge in [-0.2, -0.15) is 5.10 Å². The predicted octanol–water partition coefficient (Wildman–Crippen LogP) is 3.46. The second-order valence-corrected chi connectivity index (χ2v) is 7.90. The molecule has 9 heteroatoms. The number of aromatic nitrogens is 2. The van der Waals surface area contributed by atoms with Gasteiger partial charge in [0, 0.05) is 25.3 Å². The van der Waals surface area contributed by atoms with Crippen molar-refractivity contribution in [2.75, 3.05) is 19.6 Å². The van der Waals surface area contributed by atoms with Crippen LogP contribution in [0.1, 0.15) is 44.6 Å². The van der Waals surface area contributed by atoms with Crippen molar-refractivity contribution in [3.63, 3.8) is 0 Å². The van der Waals surface area contributed by atoms with Gasteiger partial charge in [-0.25, -0.2) is 9.67 Å². The van der Waals surface area contributed by atoms with Crippen LogP contribution < -0.4 is 10.6 Å². The van der Waals surface area contributed by atoms with Gasteiger partial charge < -0.3 is 10.6 Å². The largest absolute Gasteiger partial charge is 0.357 e. The first kappa shape index (κ1) is 25.4. The van der Waals surface area contributed by atoms with Gasteiger partial charge in [0.2, 0.25) is 0 Å². The summed E-state index contributed by atoms with van der Waals surface area (Å²) in [6, 6.07) is 17.0. The Morgan fingerprint density at radius 1 is 0.971 bits per heavy atom. The van der Waals surface area contributed by atoms with Gasteiger partial charge >= 0.3 is 0 Å². The van der Waals surface area contributed by atoms with Crippen molar-refractivity contribution < 1.29 is 9.59 Å². The molecule has 8 nitrogen and oxygen atoms in total. The Balaban J connectivity index is 0.00000324. The topological polar surface area (TPSA) is 91.6 Å². The second-order valence-electron chi connectivity index (χ2n) is 7.90. The van der Waals surface area contributed by atoms with E-state index in [1.807, 2.05) is 55.8 Å². The zero-order chi connectivity index (χ0) is 23.4. The first-order valence-corrected chi connectivity index (χ1v) is 11.1. The summed E-state index contributed by atoms with van der Waals surface area (Å²) in [7, 11) is 0. The van der Waals surface area contributed by atoms with Gasteiger partial charge in [0.1, 0.15) is 0 Å². The number of hydrogen-bond donors (Lipinski definition) is 2. The molecule has 0 aliphatic carbocycles. The van der Waals surface area contributed by atoms with Crippen molar-refractivity contribution in [2.24, 2.45) is 4.99 Å². The molecule has 4 rings (SSSR count). The first-order valence-electron chi connectivity index (χ1n) is 11.1. The molecule has 3 aromatic rings. The lowest BCUT2D eigenvalue weighted by Gasteiger charge is -2.16. The number of nitrogens with one attached hydrogen (secondary N) is 2. The van der Waals surface area contributed by atoms with Crippen molar-refractivity contribution in [2.45, 2.75) is 27.3 Å². The average Bonchev–Trinajstić information content (AvgIpc) is 3.28. The summed E-state index contributed by atoms with van der Waals surface area (Å²) < 4.78 is 1.93. The van der Waals surface area contributed by atoms with Crippen molar-refractivity contribution in [1.82, 2.24) is 25.3 Å². The van der Waals surface area contributed by atoms with Gasteiger partial charge in [-0.3, -0.25) is 14.5 Å². The number of amides is 2. The normalized spacial score (nSPS) is 13.0. The molecule has 0 fully saturated rings. The Labute approximate surface area is 216 Å². The molecule has 0 bridgehead atoms. The predicted molar refractivity (Wildman–Crippen MR) is 143 cm³/mol. The molecule has 2 N–H and O–H groups in total. The summed E-state index contributed by atoms with van der Waals surface area (Å²) in [6.45, 7) is 7.81. The highest BCUT2D eigenvalue weighted by atomic mass is 127. The molecule has 178 valence electrons. The summed E-state index contributed by atoms with van der Waals surface area (Å²) >= 11 is 0. The van der Waals surface area contributed by atoms with E-state index in [-0.39, 0.29) is 42.3 Å². The van der Waals surface area contributed by atoms with E-state index >= 15 is 0 Å². The van der Waals surface area contributed by atoms with Crippen LogP contribution in [0.3, 0.4) is 0 Å². The third-order valence-electron chi connectivity index (χ3n) is 5.49. The van der Waals surface area contributed by atoms with Crippen LogP contribution in [-0.4, -0.2) is 52.1 Å². The van der Waals surface area contributed by atoms with E-state index in [1.165, 1.54) is 4.90 Å². The van der Waals surface area contributed by atoms with Crippen LogP contribution in [-0.2, 0) is 6.54 Å². The number of benzene rings is 2. The zero-order valence-corrected chi connectivity index (χ0v) is 21.9. The average molecular weight is 572 g/mol. The number of halogens is 1. The molecule has 0 atom stereocenters. The fourth-order valence-corrected chi connectivity index (χ4v) is 3.96. The van der Waals surface area contributed by atoms with Crippen molar-refractivity contribution in [3.8, 4) is 5.69 Å². The minimum Gasteiger partial charge on any atom is -0.357 e. The zero-order valence-electron chi connectivity index (χ0n) is 19.5. The van der Waals surface area contributed by atoms with Crippen LogP contribution in [0.15, 0.2) is 59.6 Å². The van der Waals surface area contributed by atoms with Gasteiger partial charge in [-0.1, -0.05) is 30.3 Å². The number of aliphatic imine (C=N–C) groups is 1. The summed E-state index contributed by atoms with van der Waals surface area (Å²) in [5.41, 5.74) is 4.99. The fraction of sp³-hybridized carbons (Fsp3) is 0.280. The number of carbonyl (C=O) groups is 2. The van der Waals surface area contributed by atoms with Crippen LogP contribution in [0, 0.1) is 13.8 Å². The van der Waals surface area contributed by atoms with Crippen LogP contribution in [0.25, 0.3) is 5.69 Å². The highest BCUT2D eigenvalue weighted by molar-refractivity contribution is 14.0. The van der Waals surface area contributed by atoms with Gasteiger partial charge in [-0.05, 0) is 50.6 Å². The lowest BCUT2D eigenvalue weighted by atomic mass is 10.1. The molecule has 34 heavy (non-hydrogen) atoms. The number of fused-ring (bicyclic) bond motifs is 1. The van der Waals surface area contributed by atoms with Crippen molar-refractivity contribution >= 4 is 41.8 Å². The van der Waals surface area contributed by atoms with Gasteiger partial charge in [0.15, 0.2) is 5.96 Å². The minimum atomic E-state index is -0.252. The third-order valence-corrected chi connectivity index (χ3v) is 5.49. The highest BCUT2D eigenvalue weighted by Crippen LogP contribution is 2.22. The summed E-state index contributed by atoms with van der Waals surface area (Å²) in [4.78, 5) is 31.1. The van der Waals surface area contributed by atoms with Gasteiger partial charge in [0.25, 0.3) is 11.8 Å². The van der Waals surface area contributed by atoms with Crippen molar-refractivity contribution in [3.05, 3.63) is 82.7 Å². The molecule has 2 amide bonds. The van der Waals surface area contributed by atoms with Crippen LogP contribution in [0.4, 0.5) is 0 Å². The quantitative estimate of drug-likeness (QED) is 0.196. The third kappa shape index (κ3) is 5.30. The van der Waals surface area contributed by atoms with Gasteiger partial charge in [0.05, 0.1) is 29.1 Å². The number of nitrogens with zero attached hydrogens (tertiary/aromatic N) is 4. The molecular formula is C25H29IN6O2. The maximum Gasteiger partial charge on any atom is 0.261 e. The highest BCUT2D eigenvalue weighted by Gasteiger charge is 2.34. The van der Waals surface area contributed by atoms with E-state index < -0.39 is 0 Å². The SMILES string of the molecule is CCNC(=NCc1ccccc1-n1nc(C)cc1C)NCCN1C(=O)c2ccccc2C1=O.I. The van der Waals surface area contributed by atoms with Gasteiger partial charge in [-0.15, -0.1) is 24.0 Å². The van der Waals surface area contributed by atoms with E-state index in [0.29, 0.717) is 36.7 Å². The fourth-order valence-electron chi connectivity index (χ4n) is 3.96. The molecule has 1 aromatic heterocycles. The monoisotopic (exact) mass is 572 g/mol. The Morgan fingerprint density at radius 2 is 1.62 bits per heavy atom. The molecule has 0 unspecified atom stereocenters. The standard InChI is InChI=1S/C25H28N6O2.HI/c1-4-26-25(27-13-14-30-23(32)20-10-6-7-11-21(20)24(30)33)28-16-19-9-5-8-12-22(19)31-18(3)15-17(2)29-31;/h5-12,15H,4,13-14,16H2,1-3H3,(H2,26,27,28);1H. The van der Waals surface area contributed by atoms with E-state index in [4.69, 9.17) is 4.99 Å². The number of rotatable bonds is 7. The lowest BCUT2D eigenvalue weighted by molar-refractivity contribution is 0.0657. The van der Waals surface area contributed by atoms with E-state index in [2.05, 4.69) is 15.7 Å². The Kier molecular flexibility index (Phi) is 8.43. The van der Waals surface area contributed by atoms with Crippen LogP contribution >= 0.6 is 24.0 Å². The molecule has 0 spiro atoms. The lowest BCUT2D eigenvalue weighted by Crippen LogP contribution is -2.43. The number of guanidine groups is 1.